The van der Waals surface area contributed by atoms with Gasteiger partial charge in [-0.3, -0.25) is 9.78 Å². The predicted octanol–water partition coefficient (Wildman–Crippen LogP) is 3.74. The van der Waals surface area contributed by atoms with Crippen molar-refractivity contribution in [3.8, 4) is 5.75 Å². The highest BCUT2D eigenvalue weighted by molar-refractivity contribution is 9.10. The zero-order valence-electron chi connectivity index (χ0n) is 9.48. The first-order valence-corrected chi connectivity index (χ1v) is 6.27. The molecule has 0 fully saturated rings. The third-order valence-corrected chi connectivity index (χ3v) is 3.01. The van der Waals surface area contributed by atoms with Crippen molar-refractivity contribution in [1.29, 1.82) is 0 Å². The maximum Gasteiger partial charge on any atom is 0.194 e. The van der Waals surface area contributed by atoms with Crippen LogP contribution in [-0.2, 0) is 0 Å². The highest BCUT2D eigenvalue weighted by Gasteiger charge is 2.12. The molecule has 2 rings (SSSR count). The average molecular weight is 327 g/mol. The number of pyridine rings is 1. The Balaban J connectivity index is 2.41. The first-order valence-electron chi connectivity index (χ1n) is 5.10. The molecule has 2 aromatic rings. The first kappa shape index (κ1) is 13.1. The first-order chi connectivity index (χ1) is 8.60. The molecule has 0 aliphatic heterocycles. The number of ether oxygens (including phenoxy) is 1. The van der Waals surface area contributed by atoms with Crippen LogP contribution in [0.2, 0.25) is 5.02 Å². The summed E-state index contributed by atoms with van der Waals surface area (Å²) in [5.74, 6) is 0.395. The molecule has 0 atom stereocenters. The van der Waals surface area contributed by atoms with Crippen molar-refractivity contribution >= 4 is 33.3 Å². The second-order valence-corrected chi connectivity index (χ2v) is 4.95. The van der Waals surface area contributed by atoms with E-state index in [1.54, 1.807) is 30.5 Å². The zero-order chi connectivity index (χ0) is 13.1. The van der Waals surface area contributed by atoms with E-state index in [9.17, 15) is 4.79 Å². The molecule has 0 bridgehead atoms. The summed E-state index contributed by atoms with van der Waals surface area (Å²) in [5, 5.41) is 0.503. The fraction of sp³-hybridized carbons (Fsp3) is 0.0769. The molecule has 1 aromatic heterocycles. The summed E-state index contributed by atoms with van der Waals surface area (Å²) in [6.45, 7) is 0. The van der Waals surface area contributed by atoms with Crippen LogP contribution in [-0.4, -0.2) is 17.9 Å². The Kier molecular flexibility index (Phi) is 3.99. The third-order valence-electron chi connectivity index (χ3n) is 2.34. The standard InChI is InChI=1S/C13H9BrClNO2/c1-18-12-4-9(6-16-7-12)13(17)8-2-10(14)5-11(15)3-8/h2-7H,1H3. The van der Waals surface area contributed by atoms with E-state index < -0.39 is 0 Å². The molecule has 0 radical (unpaired) electrons. The summed E-state index contributed by atoms with van der Waals surface area (Å²) in [4.78, 5) is 16.2. The van der Waals surface area contributed by atoms with E-state index in [-0.39, 0.29) is 5.78 Å². The number of halogens is 2. The largest absolute Gasteiger partial charge is 0.495 e. The minimum Gasteiger partial charge on any atom is -0.495 e. The molecular weight excluding hydrogens is 318 g/mol. The van der Waals surface area contributed by atoms with Crippen molar-refractivity contribution in [2.24, 2.45) is 0 Å². The smallest absolute Gasteiger partial charge is 0.194 e. The highest BCUT2D eigenvalue weighted by Crippen LogP contribution is 2.22. The summed E-state index contributed by atoms with van der Waals surface area (Å²) >= 11 is 9.22. The van der Waals surface area contributed by atoms with Gasteiger partial charge in [-0.05, 0) is 24.3 Å². The van der Waals surface area contributed by atoms with Gasteiger partial charge in [-0.1, -0.05) is 27.5 Å². The van der Waals surface area contributed by atoms with Gasteiger partial charge < -0.3 is 4.74 Å². The minimum atomic E-state index is -0.149. The molecule has 3 nitrogen and oxygen atoms in total. The van der Waals surface area contributed by atoms with E-state index in [1.807, 2.05) is 0 Å². The molecule has 1 aromatic carbocycles. The summed E-state index contributed by atoms with van der Waals surface area (Å²) in [6.07, 6.45) is 3.05. The van der Waals surface area contributed by atoms with Gasteiger partial charge in [-0.25, -0.2) is 0 Å². The molecule has 0 unspecified atom stereocenters. The lowest BCUT2D eigenvalue weighted by Crippen LogP contribution is -2.02. The highest BCUT2D eigenvalue weighted by atomic mass is 79.9. The number of benzene rings is 1. The molecule has 92 valence electrons. The monoisotopic (exact) mass is 325 g/mol. The van der Waals surface area contributed by atoms with Gasteiger partial charge in [0, 0.05) is 26.8 Å². The Morgan fingerprint density at radius 2 is 2.00 bits per heavy atom. The average Bonchev–Trinajstić information content (AvgIpc) is 2.37. The van der Waals surface area contributed by atoms with Gasteiger partial charge in [0.1, 0.15) is 5.75 Å². The molecular formula is C13H9BrClNO2. The summed E-state index contributed by atoms with van der Waals surface area (Å²) < 4.78 is 5.80. The molecule has 0 amide bonds. The van der Waals surface area contributed by atoms with Gasteiger partial charge in [0.25, 0.3) is 0 Å². The van der Waals surface area contributed by atoms with Crippen LogP contribution in [0.25, 0.3) is 0 Å². The Hall–Kier alpha value is -1.39. The van der Waals surface area contributed by atoms with Gasteiger partial charge in [0.2, 0.25) is 0 Å². The van der Waals surface area contributed by atoms with Crippen molar-refractivity contribution in [1.82, 2.24) is 4.98 Å². The number of ketones is 1. The summed E-state index contributed by atoms with van der Waals surface area (Å²) in [7, 11) is 1.53. The van der Waals surface area contributed by atoms with Crippen molar-refractivity contribution in [2.45, 2.75) is 0 Å². The molecule has 0 aliphatic carbocycles. The van der Waals surface area contributed by atoms with E-state index in [0.29, 0.717) is 21.9 Å². The summed E-state index contributed by atoms with van der Waals surface area (Å²) in [6, 6.07) is 6.70. The maximum atomic E-state index is 12.2. The van der Waals surface area contributed by atoms with E-state index in [2.05, 4.69) is 20.9 Å². The number of aromatic nitrogens is 1. The van der Waals surface area contributed by atoms with Crippen LogP contribution in [0.5, 0.6) is 5.75 Å². The Morgan fingerprint density at radius 1 is 1.22 bits per heavy atom. The fourth-order valence-electron chi connectivity index (χ4n) is 1.51. The number of hydrogen-bond acceptors (Lipinski definition) is 3. The predicted molar refractivity (Wildman–Crippen MR) is 73.4 cm³/mol. The summed E-state index contributed by atoms with van der Waals surface area (Å²) in [5.41, 5.74) is 0.966. The maximum absolute atomic E-state index is 12.2. The van der Waals surface area contributed by atoms with Crippen LogP contribution >= 0.6 is 27.5 Å². The van der Waals surface area contributed by atoms with Gasteiger partial charge in [0.05, 0.1) is 13.3 Å². The number of carbonyl (C=O) groups is 1. The Bertz CT molecular complexity index is 581. The number of nitrogens with zero attached hydrogens (tertiary/aromatic N) is 1. The Labute approximate surface area is 118 Å². The van der Waals surface area contributed by atoms with Crippen molar-refractivity contribution < 1.29 is 9.53 Å². The van der Waals surface area contributed by atoms with E-state index in [1.165, 1.54) is 13.3 Å². The lowest BCUT2D eigenvalue weighted by molar-refractivity contribution is 0.103. The van der Waals surface area contributed by atoms with Gasteiger partial charge in [0.15, 0.2) is 5.78 Å². The van der Waals surface area contributed by atoms with Crippen molar-refractivity contribution in [3.05, 3.63) is 57.3 Å². The second kappa shape index (κ2) is 5.50. The molecule has 1 heterocycles. The SMILES string of the molecule is COc1cncc(C(=O)c2cc(Cl)cc(Br)c2)c1. The molecule has 0 N–H and O–H groups in total. The Morgan fingerprint density at radius 3 is 2.67 bits per heavy atom. The van der Waals surface area contributed by atoms with E-state index in [4.69, 9.17) is 16.3 Å². The second-order valence-electron chi connectivity index (χ2n) is 3.60. The normalized spacial score (nSPS) is 10.2. The molecule has 18 heavy (non-hydrogen) atoms. The van der Waals surface area contributed by atoms with Gasteiger partial charge in [-0.15, -0.1) is 0 Å². The van der Waals surface area contributed by atoms with Crippen LogP contribution in [0.1, 0.15) is 15.9 Å². The van der Waals surface area contributed by atoms with E-state index in [0.717, 1.165) is 4.47 Å². The van der Waals surface area contributed by atoms with Gasteiger partial charge in [-0.2, -0.15) is 0 Å². The molecule has 0 saturated heterocycles. The van der Waals surface area contributed by atoms with Crippen LogP contribution in [0.4, 0.5) is 0 Å². The van der Waals surface area contributed by atoms with Crippen LogP contribution in [0.3, 0.4) is 0 Å². The topological polar surface area (TPSA) is 39.2 Å². The number of methoxy groups -OCH3 is 1. The molecule has 5 heteroatoms. The molecule has 0 aliphatic rings. The number of rotatable bonds is 3. The van der Waals surface area contributed by atoms with Crippen molar-refractivity contribution in [2.75, 3.05) is 7.11 Å². The van der Waals surface area contributed by atoms with Crippen LogP contribution in [0, 0.1) is 0 Å². The van der Waals surface area contributed by atoms with E-state index >= 15 is 0 Å². The van der Waals surface area contributed by atoms with Crippen molar-refractivity contribution in [3.63, 3.8) is 0 Å². The fourth-order valence-corrected chi connectivity index (χ4v) is 2.37. The molecule has 0 saturated carbocycles. The minimum absolute atomic E-state index is 0.149. The lowest BCUT2D eigenvalue weighted by atomic mass is 10.1. The molecule has 0 spiro atoms. The lowest BCUT2D eigenvalue weighted by Gasteiger charge is -2.04. The van der Waals surface area contributed by atoms with Crippen LogP contribution < -0.4 is 4.74 Å². The van der Waals surface area contributed by atoms with Crippen LogP contribution in [0.15, 0.2) is 41.1 Å². The number of hydrogen-bond donors (Lipinski definition) is 0. The quantitative estimate of drug-likeness (QED) is 0.807. The number of carbonyl (C=O) groups excluding carboxylic acids is 1. The third kappa shape index (κ3) is 2.89. The zero-order valence-corrected chi connectivity index (χ0v) is 11.8. The van der Waals surface area contributed by atoms with Gasteiger partial charge >= 0.3 is 0 Å².